The van der Waals surface area contributed by atoms with Crippen molar-refractivity contribution in [2.24, 2.45) is 0 Å². The number of ether oxygens (including phenoxy) is 3. The van der Waals surface area contributed by atoms with Crippen LogP contribution in [0.15, 0.2) is 152 Å². The number of rotatable bonds is 16. The molecule has 0 spiro atoms. The largest absolute Gasteiger partial charge is 0.489 e. The molecule has 0 aliphatic carbocycles. The minimum Gasteiger partial charge on any atom is -0.489 e. The Morgan fingerprint density at radius 3 is 1.55 bits per heavy atom. The van der Waals surface area contributed by atoms with Gasteiger partial charge in [0.2, 0.25) is 5.91 Å². The molecule has 9 nitrogen and oxygen atoms in total. The number of nitrogens with zero attached hydrogens (tertiary/aromatic N) is 2. The lowest BCUT2D eigenvalue weighted by Crippen LogP contribution is -2.53. The zero-order valence-corrected chi connectivity index (χ0v) is 28.4. The summed E-state index contributed by atoms with van der Waals surface area (Å²) in [7, 11) is 0. The van der Waals surface area contributed by atoms with Crippen LogP contribution in [0.3, 0.4) is 0 Å². The third-order valence-corrected chi connectivity index (χ3v) is 8.32. The maximum Gasteiger partial charge on any atom is 0.408 e. The molecular weight excluding hydrogens is 640 g/mol. The maximum absolute atomic E-state index is 14.4. The Labute approximate surface area is 299 Å². The van der Waals surface area contributed by atoms with Crippen molar-refractivity contribution in [3.8, 4) is 11.5 Å². The summed E-state index contributed by atoms with van der Waals surface area (Å²) in [6.45, 7) is 2.44. The van der Waals surface area contributed by atoms with Crippen LogP contribution in [0.1, 0.15) is 27.8 Å². The van der Waals surface area contributed by atoms with Gasteiger partial charge in [0, 0.05) is 32.0 Å². The topological polar surface area (TPSA) is 92.4 Å². The summed E-state index contributed by atoms with van der Waals surface area (Å²) in [6.07, 6.45) is 3.02. The number of carbonyl (C=O) groups is 2. The van der Waals surface area contributed by atoms with Crippen molar-refractivity contribution in [1.29, 1.82) is 0 Å². The smallest absolute Gasteiger partial charge is 0.408 e. The van der Waals surface area contributed by atoms with E-state index in [1.807, 2.05) is 157 Å². The predicted octanol–water partition coefficient (Wildman–Crippen LogP) is 7.00. The molecule has 0 fully saturated rings. The molecule has 5 aromatic carbocycles. The van der Waals surface area contributed by atoms with E-state index in [1.165, 1.54) is 0 Å². The first-order chi connectivity index (χ1) is 25.1. The van der Waals surface area contributed by atoms with Gasteiger partial charge < -0.3 is 34.6 Å². The summed E-state index contributed by atoms with van der Waals surface area (Å²) in [6, 6.07) is 44.1. The van der Waals surface area contributed by atoms with E-state index in [0.717, 1.165) is 39.3 Å². The molecule has 2 N–H and O–H groups in total. The molecule has 51 heavy (non-hydrogen) atoms. The van der Waals surface area contributed by atoms with E-state index in [9.17, 15) is 9.59 Å². The van der Waals surface area contributed by atoms with Crippen LogP contribution in [0, 0.1) is 0 Å². The van der Waals surface area contributed by atoms with E-state index < -0.39 is 12.1 Å². The average Bonchev–Trinajstić information content (AvgIpc) is 3.70. The van der Waals surface area contributed by atoms with E-state index in [0.29, 0.717) is 33.0 Å². The molecule has 2 amide bonds. The van der Waals surface area contributed by atoms with E-state index in [4.69, 9.17) is 14.2 Å². The molecule has 260 valence electrons. The van der Waals surface area contributed by atoms with Gasteiger partial charge in [0.1, 0.15) is 37.4 Å². The predicted molar refractivity (Wildman–Crippen MR) is 196 cm³/mol. The highest BCUT2D eigenvalue weighted by atomic mass is 16.5. The number of hydrogen-bond acceptors (Lipinski definition) is 7. The van der Waals surface area contributed by atoms with Crippen molar-refractivity contribution in [1.82, 2.24) is 20.4 Å². The normalized spacial score (nSPS) is 12.4. The second-order valence-electron chi connectivity index (χ2n) is 12.2. The van der Waals surface area contributed by atoms with Gasteiger partial charge in [-0.15, -0.1) is 0 Å². The van der Waals surface area contributed by atoms with Crippen LogP contribution in [0.2, 0.25) is 0 Å². The molecule has 0 saturated carbocycles. The second kappa shape index (κ2) is 18.0. The Hall–Kier alpha value is -6.22. The van der Waals surface area contributed by atoms with E-state index >= 15 is 0 Å². The molecule has 0 unspecified atom stereocenters. The summed E-state index contributed by atoms with van der Waals surface area (Å²) in [5, 5.41) is 5.98. The average molecular weight is 683 g/mol. The lowest BCUT2D eigenvalue weighted by Gasteiger charge is -2.30. The fraction of sp³-hybridized carbons (Fsp3) is 0.190. The Morgan fingerprint density at radius 1 is 0.627 bits per heavy atom. The van der Waals surface area contributed by atoms with Gasteiger partial charge in [-0.3, -0.25) is 4.79 Å². The summed E-state index contributed by atoms with van der Waals surface area (Å²) >= 11 is 0. The number of nitrogens with one attached hydrogen (secondary N) is 2. The maximum atomic E-state index is 14.4. The molecule has 1 aliphatic rings. The zero-order chi connectivity index (χ0) is 35.1. The standard InChI is InChI=1S/C42H42N4O5/c47-41(40(28-45-25-24-43-32-45)44-42(48)51-31-37-14-8-3-9-15-37)46(26-33-16-20-38(21-17-33)49-29-35-10-4-1-5-11-35)27-34-18-22-39(23-19-34)50-30-36-12-6-2-7-13-36/h1-25,40,43H,26-32H2,(H,44,48)/t40-/m0/s1. The minimum atomic E-state index is -0.875. The third-order valence-electron chi connectivity index (χ3n) is 8.32. The fourth-order valence-corrected chi connectivity index (χ4v) is 5.57. The second-order valence-corrected chi connectivity index (χ2v) is 12.2. The summed E-state index contributed by atoms with van der Waals surface area (Å²) < 4.78 is 17.5. The van der Waals surface area contributed by atoms with Gasteiger partial charge in [-0.25, -0.2) is 4.79 Å². The SMILES string of the molecule is O=C(N[C@@H](CN1C=CNC1)C(=O)N(Cc1ccc(OCc2ccccc2)cc1)Cc1ccc(OCc2ccccc2)cc1)OCc1ccccc1. The highest BCUT2D eigenvalue weighted by Gasteiger charge is 2.29. The van der Waals surface area contributed by atoms with Gasteiger partial charge >= 0.3 is 6.09 Å². The van der Waals surface area contributed by atoms with Crippen molar-refractivity contribution in [2.45, 2.75) is 39.0 Å². The molecule has 1 heterocycles. The van der Waals surface area contributed by atoms with Gasteiger partial charge in [0.25, 0.3) is 0 Å². The molecule has 5 aromatic rings. The molecule has 1 aliphatic heterocycles. The minimum absolute atomic E-state index is 0.0971. The van der Waals surface area contributed by atoms with Crippen LogP contribution in [0.4, 0.5) is 4.79 Å². The lowest BCUT2D eigenvalue weighted by molar-refractivity contribution is -0.135. The molecule has 6 rings (SSSR count). The van der Waals surface area contributed by atoms with E-state index in [2.05, 4.69) is 10.6 Å². The van der Waals surface area contributed by atoms with Gasteiger partial charge in [-0.05, 0) is 52.1 Å². The van der Waals surface area contributed by atoms with Crippen LogP contribution in [0.5, 0.6) is 11.5 Å². The molecule has 0 radical (unpaired) electrons. The molecule has 0 aromatic heterocycles. The Kier molecular flexibility index (Phi) is 12.2. The fourth-order valence-electron chi connectivity index (χ4n) is 5.57. The first-order valence-electron chi connectivity index (χ1n) is 17.0. The van der Waals surface area contributed by atoms with E-state index in [-0.39, 0.29) is 19.1 Å². The van der Waals surface area contributed by atoms with Gasteiger partial charge in [-0.2, -0.15) is 0 Å². The van der Waals surface area contributed by atoms with Gasteiger partial charge in [-0.1, -0.05) is 115 Å². The zero-order valence-electron chi connectivity index (χ0n) is 28.4. The highest BCUT2D eigenvalue weighted by Crippen LogP contribution is 2.20. The molecular formula is C42H42N4O5. The van der Waals surface area contributed by atoms with E-state index in [1.54, 1.807) is 4.90 Å². The van der Waals surface area contributed by atoms with Crippen LogP contribution in [-0.4, -0.2) is 41.1 Å². The first kappa shape index (κ1) is 34.6. The number of amides is 2. The van der Waals surface area contributed by atoms with Crippen molar-refractivity contribution in [3.63, 3.8) is 0 Å². The molecule has 1 atom stereocenters. The molecule has 0 saturated heterocycles. The van der Waals surface area contributed by atoms with Crippen LogP contribution in [0.25, 0.3) is 0 Å². The lowest BCUT2D eigenvalue weighted by atomic mass is 10.1. The number of alkyl carbamates (subject to hydrolysis) is 1. The summed E-state index contributed by atoms with van der Waals surface area (Å²) in [5.74, 6) is 1.24. The summed E-state index contributed by atoms with van der Waals surface area (Å²) in [5.41, 5.74) is 4.87. The monoisotopic (exact) mass is 682 g/mol. The quantitative estimate of drug-likeness (QED) is 0.116. The Bertz CT molecular complexity index is 1750. The Balaban J connectivity index is 1.17. The number of carbonyl (C=O) groups excluding carboxylic acids is 2. The highest BCUT2D eigenvalue weighted by molar-refractivity contribution is 5.86. The van der Waals surface area contributed by atoms with Gasteiger partial charge in [0.05, 0.1) is 6.67 Å². The number of hydrogen-bond donors (Lipinski definition) is 2. The summed E-state index contributed by atoms with van der Waals surface area (Å²) in [4.78, 5) is 31.2. The van der Waals surface area contributed by atoms with Crippen LogP contribution >= 0.6 is 0 Å². The van der Waals surface area contributed by atoms with Gasteiger partial charge in [0.15, 0.2) is 0 Å². The molecule has 9 heteroatoms. The Morgan fingerprint density at radius 2 is 1.10 bits per heavy atom. The third kappa shape index (κ3) is 10.9. The first-order valence-corrected chi connectivity index (χ1v) is 17.0. The van der Waals surface area contributed by atoms with Crippen molar-refractivity contribution in [3.05, 3.63) is 180 Å². The van der Waals surface area contributed by atoms with Crippen molar-refractivity contribution < 1.29 is 23.8 Å². The van der Waals surface area contributed by atoms with Crippen molar-refractivity contribution >= 4 is 12.0 Å². The van der Waals surface area contributed by atoms with Crippen LogP contribution < -0.4 is 20.1 Å². The van der Waals surface area contributed by atoms with Crippen LogP contribution in [-0.2, 0) is 42.4 Å². The number of benzene rings is 5. The molecule has 0 bridgehead atoms. The van der Waals surface area contributed by atoms with Crippen molar-refractivity contribution in [2.75, 3.05) is 13.2 Å².